The van der Waals surface area contributed by atoms with E-state index < -0.39 is 5.91 Å². The van der Waals surface area contributed by atoms with Gasteiger partial charge < -0.3 is 10.6 Å². The van der Waals surface area contributed by atoms with Crippen LogP contribution in [0.3, 0.4) is 0 Å². The highest BCUT2D eigenvalue weighted by Gasteiger charge is 2.12. The van der Waals surface area contributed by atoms with Crippen molar-refractivity contribution >= 4 is 56.4 Å². The third kappa shape index (κ3) is 4.73. The van der Waals surface area contributed by atoms with Crippen molar-refractivity contribution in [1.29, 1.82) is 5.26 Å². The Morgan fingerprint density at radius 1 is 1.17 bits per heavy atom. The quantitative estimate of drug-likeness (QED) is 0.536. The molecule has 0 aliphatic carbocycles. The van der Waals surface area contributed by atoms with Crippen LogP contribution in [-0.4, -0.2) is 5.91 Å². The van der Waals surface area contributed by atoms with E-state index in [4.69, 9.17) is 28.5 Å². The molecule has 2 aromatic rings. The van der Waals surface area contributed by atoms with Gasteiger partial charge in [-0.1, -0.05) is 35.3 Å². The van der Waals surface area contributed by atoms with Gasteiger partial charge in [0, 0.05) is 15.7 Å². The second kappa shape index (κ2) is 8.02. The molecule has 0 radical (unpaired) electrons. The van der Waals surface area contributed by atoms with Crippen LogP contribution in [0.4, 0.5) is 11.4 Å². The molecule has 0 spiro atoms. The highest BCUT2D eigenvalue weighted by molar-refractivity contribution is 9.10. The summed E-state index contributed by atoms with van der Waals surface area (Å²) in [5, 5.41) is 15.4. The molecule has 0 heterocycles. The Bertz CT molecular complexity index is 815. The molecule has 4 nitrogen and oxygen atoms in total. The first kappa shape index (κ1) is 17.4. The lowest BCUT2D eigenvalue weighted by Crippen LogP contribution is -2.15. The average Bonchev–Trinajstić information content (AvgIpc) is 2.53. The van der Waals surface area contributed by atoms with Gasteiger partial charge in [-0.15, -0.1) is 0 Å². The highest BCUT2D eigenvalue weighted by atomic mass is 79.9. The monoisotopic (exact) mass is 409 g/mol. The Balaban J connectivity index is 2.16. The van der Waals surface area contributed by atoms with E-state index >= 15 is 0 Å². The molecular weight excluding hydrogens is 401 g/mol. The van der Waals surface area contributed by atoms with E-state index in [1.54, 1.807) is 18.2 Å². The van der Waals surface area contributed by atoms with Crippen LogP contribution in [0.1, 0.15) is 0 Å². The summed E-state index contributed by atoms with van der Waals surface area (Å²) in [5.74, 6) is -0.587. The minimum absolute atomic E-state index is 0.100. The molecule has 0 saturated heterocycles. The number of hydrogen-bond donors (Lipinski definition) is 2. The number of nitriles is 1. The molecule has 2 rings (SSSR count). The lowest BCUT2D eigenvalue weighted by atomic mass is 10.2. The van der Waals surface area contributed by atoms with Crippen LogP contribution in [0.5, 0.6) is 0 Å². The lowest BCUT2D eigenvalue weighted by Gasteiger charge is -2.08. The summed E-state index contributed by atoms with van der Waals surface area (Å²) in [5.41, 5.74) is 0.969. The molecule has 23 heavy (non-hydrogen) atoms. The molecule has 0 aliphatic rings. The highest BCUT2D eigenvalue weighted by Crippen LogP contribution is 2.26. The molecular formula is C16H10BrCl2N3O. The molecule has 0 aliphatic heterocycles. The van der Waals surface area contributed by atoms with Crippen molar-refractivity contribution in [3.63, 3.8) is 0 Å². The lowest BCUT2D eigenvalue weighted by molar-refractivity contribution is -0.112. The van der Waals surface area contributed by atoms with Crippen molar-refractivity contribution in [1.82, 2.24) is 0 Å². The fraction of sp³-hybridized carbons (Fsp3) is 0. The Morgan fingerprint density at radius 2 is 1.91 bits per heavy atom. The van der Waals surface area contributed by atoms with Crippen molar-refractivity contribution in [2.24, 2.45) is 0 Å². The number of carbonyl (C=O) groups is 1. The van der Waals surface area contributed by atoms with E-state index in [1.807, 2.05) is 24.3 Å². The fourth-order valence-corrected chi connectivity index (χ4v) is 2.40. The molecule has 2 N–H and O–H groups in total. The van der Waals surface area contributed by atoms with Gasteiger partial charge in [-0.3, -0.25) is 4.79 Å². The topological polar surface area (TPSA) is 64.9 Å². The van der Waals surface area contributed by atoms with E-state index in [-0.39, 0.29) is 5.57 Å². The Labute approximate surface area is 151 Å². The van der Waals surface area contributed by atoms with Crippen LogP contribution in [0, 0.1) is 11.3 Å². The Morgan fingerprint density at radius 3 is 2.61 bits per heavy atom. The summed E-state index contributed by atoms with van der Waals surface area (Å²) in [6.07, 6.45) is 1.33. The van der Waals surface area contributed by atoms with Crippen molar-refractivity contribution < 1.29 is 4.79 Å². The van der Waals surface area contributed by atoms with Gasteiger partial charge in [0.1, 0.15) is 11.6 Å². The molecule has 7 heteroatoms. The summed E-state index contributed by atoms with van der Waals surface area (Å²) >= 11 is 15.2. The van der Waals surface area contributed by atoms with Gasteiger partial charge in [-0.25, -0.2) is 0 Å². The number of carbonyl (C=O) groups excluding carboxylic acids is 1. The Kier molecular flexibility index (Phi) is 6.05. The second-order valence-corrected chi connectivity index (χ2v) is 6.07. The average molecular weight is 411 g/mol. The van der Waals surface area contributed by atoms with E-state index in [0.29, 0.717) is 15.7 Å². The molecule has 116 valence electrons. The normalized spacial score (nSPS) is 10.8. The van der Waals surface area contributed by atoms with E-state index in [9.17, 15) is 4.79 Å². The summed E-state index contributed by atoms with van der Waals surface area (Å²) in [4.78, 5) is 12.2. The Hall–Kier alpha value is -2.00. The summed E-state index contributed by atoms with van der Waals surface area (Å²) in [6.45, 7) is 0. The molecule has 0 bridgehead atoms. The van der Waals surface area contributed by atoms with Crippen molar-refractivity contribution in [2.75, 3.05) is 10.6 Å². The molecule has 2 aromatic carbocycles. The minimum atomic E-state index is -0.587. The third-order valence-corrected chi connectivity index (χ3v) is 4.04. The molecule has 0 fully saturated rings. The number of para-hydroxylation sites is 1. The maximum atomic E-state index is 12.2. The SMILES string of the molecule is N#C/C(=C/Nc1ccccc1Br)C(=O)Nc1cc(Cl)ccc1Cl. The molecule has 1 amide bonds. The summed E-state index contributed by atoms with van der Waals surface area (Å²) in [7, 11) is 0. The first-order valence-corrected chi connectivity index (χ1v) is 7.94. The van der Waals surface area contributed by atoms with Crippen LogP contribution in [0.15, 0.2) is 58.7 Å². The zero-order chi connectivity index (χ0) is 16.8. The van der Waals surface area contributed by atoms with Gasteiger partial charge in [-0.2, -0.15) is 5.26 Å². The first-order chi connectivity index (χ1) is 11.0. The summed E-state index contributed by atoms with van der Waals surface area (Å²) < 4.78 is 0.812. The predicted octanol–water partition coefficient (Wildman–Crippen LogP) is 5.21. The largest absolute Gasteiger partial charge is 0.359 e. The molecule has 0 saturated carbocycles. The molecule has 0 unspecified atom stereocenters. The first-order valence-electron chi connectivity index (χ1n) is 6.39. The van der Waals surface area contributed by atoms with Crippen LogP contribution in [-0.2, 0) is 4.79 Å². The number of benzene rings is 2. The van der Waals surface area contributed by atoms with Gasteiger partial charge in [0.05, 0.1) is 16.4 Å². The van der Waals surface area contributed by atoms with Crippen molar-refractivity contribution in [3.05, 3.63) is 68.8 Å². The van der Waals surface area contributed by atoms with Gasteiger partial charge >= 0.3 is 0 Å². The van der Waals surface area contributed by atoms with E-state index in [2.05, 4.69) is 26.6 Å². The van der Waals surface area contributed by atoms with E-state index in [0.717, 1.165) is 10.2 Å². The number of amides is 1. The van der Waals surface area contributed by atoms with Crippen molar-refractivity contribution in [2.45, 2.75) is 0 Å². The van der Waals surface area contributed by atoms with Gasteiger partial charge in [0.15, 0.2) is 0 Å². The van der Waals surface area contributed by atoms with Gasteiger partial charge in [0.25, 0.3) is 5.91 Å². The minimum Gasteiger partial charge on any atom is -0.359 e. The van der Waals surface area contributed by atoms with Crippen LogP contribution in [0.2, 0.25) is 10.0 Å². The fourth-order valence-electron chi connectivity index (χ4n) is 1.66. The number of nitrogens with zero attached hydrogens (tertiary/aromatic N) is 1. The van der Waals surface area contributed by atoms with Crippen molar-refractivity contribution in [3.8, 4) is 6.07 Å². The summed E-state index contributed by atoms with van der Waals surface area (Å²) in [6, 6.07) is 13.9. The maximum absolute atomic E-state index is 12.2. The van der Waals surface area contributed by atoms with Crippen LogP contribution >= 0.6 is 39.1 Å². The van der Waals surface area contributed by atoms with E-state index in [1.165, 1.54) is 12.3 Å². The van der Waals surface area contributed by atoms with Gasteiger partial charge in [-0.05, 0) is 46.3 Å². The zero-order valence-corrected chi connectivity index (χ0v) is 14.7. The molecule has 0 aromatic heterocycles. The number of hydrogen-bond acceptors (Lipinski definition) is 3. The second-order valence-electron chi connectivity index (χ2n) is 4.37. The number of anilines is 2. The third-order valence-electron chi connectivity index (χ3n) is 2.79. The number of halogens is 3. The standard InChI is InChI=1S/C16H10BrCl2N3O/c17-12-3-1-2-4-14(12)21-9-10(8-20)16(23)22-15-7-11(18)5-6-13(15)19/h1-7,9,21H,(H,22,23)/b10-9-. The number of nitrogens with one attached hydrogen (secondary N) is 2. The maximum Gasteiger partial charge on any atom is 0.267 e. The number of rotatable bonds is 4. The molecule has 0 atom stereocenters. The zero-order valence-electron chi connectivity index (χ0n) is 11.6. The smallest absolute Gasteiger partial charge is 0.267 e. The van der Waals surface area contributed by atoms with Crippen LogP contribution in [0.25, 0.3) is 0 Å². The van der Waals surface area contributed by atoms with Crippen LogP contribution < -0.4 is 10.6 Å². The predicted molar refractivity (Wildman–Crippen MR) is 96.6 cm³/mol. The van der Waals surface area contributed by atoms with Gasteiger partial charge in [0.2, 0.25) is 0 Å².